The van der Waals surface area contributed by atoms with Crippen LogP contribution in [0, 0.1) is 13.8 Å². The summed E-state index contributed by atoms with van der Waals surface area (Å²) >= 11 is 2.69. The number of hydrogen-bond donors (Lipinski definition) is 2. The topological polar surface area (TPSA) is 107 Å². The van der Waals surface area contributed by atoms with Gasteiger partial charge in [0, 0.05) is 4.88 Å². The normalized spacial score (nSPS) is 13.3. The number of nitrogens with one attached hydrogen (secondary N) is 1. The van der Waals surface area contributed by atoms with Gasteiger partial charge in [-0.15, -0.1) is 11.3 Å². The van der Waals surface area contributed by atoms with Crippen molar-refractivity contribution in [3.63, 3.8) is 0 Å². The number of carbonyl (C=O) groups excluding carboxylic acids is 2. The van der Waals surface area contributed by atoms with Crippen LogP contribution >= 0.6 is 23.1 Å². The van der Waals surface area contributed by atoms with E-state index < -0.39 is 11.9 Å². The molecule has 2 heterocycles. The van der Waals surface area contributed by atoms with E-state index in [1.54, 1.807) is 15.9 Å². The molecule has 3 N–H and O–H groups in total. The monoisotopic (exact) mass is 442 g/mol. The molecule has 0 saturated carbocycles. The van der Waals surface area contributed by atoms with E-state index in [2.05, 4.69) is 0 Å². The highest BCUT2D eigenvalue weighted by Crippen LogP contribution is 2.35. The van der Waals surface area contributed by atoms with Crippen LogP contribution in [-0.2, 0) is 17.6 Å². The quantitative estimate of drug-likeness (QED) is 0.476. The summed E-state index contributed by atoms with van der Waals surface area (Å²) in [6.45, 7) is 4.01. The van der Waals surface area contributed by atoms with Crippen LogP contribution in [0.5, 0.6) is 0 Å². The highest BCUT2D eigenvalue weighted by molar-refractivity contribution is 7.99. The van der Waals surface area contributed by atoms with Gasteiger partial charge in [-0.3, -0.25) is 19.5 Å². The zero-order chi connectivity index (χ0) is 21.4. The van der Waals surface area contributed by atoms with Gasteiger partial charge in [0.1, 0.15) is 4.83 Å². The summed E-state index contributed by atoms with van der Waals surface area (Å²) in [7, 11) is 0. The summed E-state index contributed by atoms with van der Waals surface area (Å²) in [5.41, 5.74) is 8.94. The van der Waals surface area contributed by atoms with E-state index in [0.717, 1.165) is 54.1 Å². The SMILES string of the molecule is Cc1ccc(-n2c(SCC(=O)NC(N)=O)nc3sc4c(c3c2=O)CCCC4)cc1C. The standard InChI is InChI=1S/C21H22N4O3S2/c1-11-7-8-13(9-12(11)2)25-19(27)17-14-5-3-4-6-15(14)30-18(17)24-21(25)29-10-16(26)23-20(22)28/h7-9H,3-6,10H2,1-2H3,(H3,22,23,26,28). The molecule has 1 aromatic carbocycles. The largest absolute Gasteiger partial charge is 0.351 e. The van der Waals surface area contributed by atoms with Crippen molar-refractivity contribution in [3.05, 3.63) is 50.1 Å². The molecule has 0 aliphatic heterocycles. The molecule has 0 spiro atoms. The van der Waals surface area contributed by atoms with Crippen LogP contribution in [0.25, 0.3) is 15.9 Å². The molecule has 2 aromatic heterocycles. The van der Waals surface area contributed by atoms with Crippen molar-refractivity contribution in [1.29, 1.82) is 0 Å². The molecule has 0 saturated heterocycles. The van der Waals surface area contributed by atoms with Crippen molar-refractivity contribution in [2.45, 2.75) is 44.7 Å². The molecular formula is C21H22N4O3S2. The van der Waals surface area contributed by atoms with E-state index in [4.69, 9.17) is 10.7 Å². The predicted octanol–water partition coefficient (Wildman–Crippen LogP) is 3.23. The average Bonchev–Trinajstić information content (AvgIpc) is 3.07. The number of hydrogen-bond acceptors (Lipinski definition) is 6. The molecule has 1 aliphatic carbocycles. The summed E-state index contributed by atoms with van der Waals surface area (Å²) in [5.74, 6) is -0.601. The Morgan fingerprint density at radius 2 is 2.00 bits per heavy atom. The van der Waals surface area contributed by atoms with Crippen LogP contribution in [0.2, 0.25) is 0 Å². The number of thiophene rings is 1. The van der Waals surface area contributed by atoms with E-state index in [1.807, 2.05) is 37.4 Å². The van der Waals surface area contributed by atoms with Crippen molar-refractivity contribution in [1.82, 2.24) is 14.9 Å². The number of aryl methyl sites for hydroxylation is 4. The summed E-state index contributed by atoms with van der Waals surface area (Å²) in [4.78, 5) is 43.2. The molecule has 156 valence electrons. The van der Waals surface area contributed by atoms with E-state index in [-0.39, 0.29) is 11.3 Å². The number of nitrogens with zero attached hydrogens (tertiary/aromatic N) is 2. The van der Waals surface area contributed by atoms with Gasteiger partial charge >= 0.3 is 6.03 Å². The number of benzene rings is 1. The molecule has 9 heteroatoms. The predicted molar refractivity (Wildman–Crippen MR) is 120 cm³/mol. The van der Waals surface area contributed by atoms with Crippen LogP contribution in [0.4, 0.5) is 4.79 Å². The molecule has 0 radical (unpaired) electrons. The van der Waals surface area contributed by atoms with Gasteiger partial charge in [-0.25, -0.2) is 9.78 Å². The maximum atomic E-state index is 13.6. The van der Waals surface area contributed by atoms with Gasteiger partial charge in [0.25, 0.3) is 5.56 Å². The van der Waals surface area contributed by atoms with Crippen LogP contribution < -0.4 is 16.6 Å². The zero-order valence-corrected chi connectivity index (χ0v) is 18.4. The van der Waals surface area contributed by atoms with E-state index in [9.17, 15) is 14.4 Å². The second-order valence-electron chi connectivity index (χ2n) is 7.40. The van der Waals surface area contributed by atoms with Gasteiger partial charge in [0.05, 0.1) is 16.8 Å². The Balaban J connectivity index is 1.87. The zero-order valence-electron chi connectivity index (χ0n) is 16.8. The lowest BCUT2D eigenvalue weighted by molar-refractivity contribution is -0.117. The summed E-state index contributed by atoms with van der Waals surface area (Å²) < 4.78 is 1.58. The van der Waals surface area contributed by atoms with Gasteiger partial charge in [0.2, 0.25) is 5.91 Å². The summed E-state index contributed by atoms with van der Waals surface area (Å²) in [6.07, 6.45) is 4.07. The number of amides is 3. The van der Waals surface area contributed by atoms with Crippen molar-refractivity contribution in [2.75, 3.05) is 5.75 Å². The maximum Gasteiger partial charge on any atom is 0.318 e. The minimum absolute atomic E-state index is 0.0726. The van der Waals surface area contributed by atoms with Gasteiger partial charge in [-0.2, -0.15) is 0 Å². The highest BCUT2D eigenvalue weighted by atomic mass is 32.2. The Labute approximate surface area is 181 Å². The minimum atomic E-state index is -0.901. The van der Waals surface area contributed by atoms with Gasteiger partial charge in [0.15, 0.2) is 5.16 Å². The molecule has 4 rings (SSSR count). The first-order valence-corrected chi connectivity index (χ1v) is 11.5. The number of thioether (sulfide) groups is 1. The Bertz CT molecular complexity index is 1230. The number of fused-ring (bicyclic) bond motifs is 3. The van der Waals surface area contributed by atoms with Crippen LogP contribution in [0.15, 0.2) is 28.2 Å². The molecule has 7 nitrogen and oxygen atoms in total. The van der Waals surface area contributed by atoms with E-state index in [1.165, 1.54) is 4.88 Å². The number of primary amides is 1. The smallest absolute Gasteiger partial charge is 0.318 e. The van der Waals surface area contributed by atoms with Gasteiger partial charge in [-0.1, -0.05) is 17.8 Å². The van der Waals surface area contributed by atoms with Crippen molar-refractivity contribution in [3.8, 4) is 5.69 Å². The molecule has 0 bridgehead atoms. The number of aromatic nitrogens is 2. The molecule has 3 aromatic rings. The van der Waals surface area contributed by atoms with Crippen LogP contribution in [0.3, 0.4) is 0 Å². The molecular weight excluding hydrogens is 420 g/mol. The molecule has 0 fully saturated rings. The maximum absolute atomic E-state index is 13.6. The summed E-state index contributed by atoms with van der Waals surface area (Å²) in [6, 6.07) is 4.92. The Morgan fingerprint density at radius 1 is 1.23 bits per heavy atom. The van der Waals surface area contributed by atoms with Gasteiger partial charge < -0.3 is 5.73 Å². The van der Waals surface area contributed by atoms with E-state index >= 15 is 0 Å². The third-order valence-electron chi connectivity index (χ3n) is 5.30. The van der Waals surface area contributed by atoms with E-state index in [0.29, 0.717) is 21.1 Å². The third kappa shape index (κ3) is 3.87. The first-order chi connectivity index (χ1) is 14.3. The number of rotatable bonds is 4. The average molecular weight is 443 g/mol. The Hall–Kier alpha value is -2.65. The molecule has 0 unspecified atom stereocenters. The summed E-state index contributed by atoms with van der Waals surface area (Å²) in [5, 5.41) is 3.17. The highest BCUT2D eigenvalue weighted by Gasteiger charge is 2.23. The first kappa shape index (κ1) is 20.6. The fourth-order valence-corrected chi connectivity index (χ4v) is 5.79. The fraction of sp³-hybridized carbons (Fsp3) is 0.333. The lowest BCUT2D eigenvalue weighted by Gasteiger charge is -2.14. The number of nitrogens with two attached hydrogens (primary N) is 1. The van der Waals surface area contributed by atoms with Crippen molar-refractivity contribution >= 4 is 45.3 Å². The molecule has 0 atom stereocenters. The van der Waals surface area contributed by atoms with Crippen molar-refractivity contribution in [2.24, 2.45) is 5.73 Å². The molecule has 3 amide bonds. The number of imide groups is 1. The van der Waals surface area contributed by atoms with Crippen LogP contribution in [0.1, 0.15) is 34.4 Å². The first-order valence-electron chi connectivity index (χ1n) is 9.72. The second kappa shape index (κ2) is 8.23. The fourth-order valence-electron chi connectivity index (χ4n) is 3.68. The third-order valence-corrected chi connectivity index (χ3v) is 7.43. The number of urea groups is 1. The van der Waals surface area contributed by atoms with Gasteiger partial charge in [-0.05, 0) is 68.4 Å². The minimum Gasteiger partial charge on any atom is -0.351 e. The Kier molecular flexibility index (Phi) is 5.66. The van der Waals surface area contributed by atoms with Crippen LogP contribution in [-0.4, -0.2) is 27.2 Å². The molecule has 1 aliphatic rings. The molecule has 30 heavy (non-hydrogen) atoms. The lowest BCUT2D eigenvalue weighted by atomic mass is 9.97. The Morgan fingerprint density at radius 3 is 2.73 bits per heavy atom. The number of carbonyl (C=O) groups is 2. The second-order valence-corrected chi connectivity index (χ2v) is 9.42. The lowest BCUT2D eigenvalue weighted by Crippen LogP contribution is -2.36. The van der Waals surface area contributed by atoms with Crippen molar-refractivity contribution < 1.29 is 9.59 Å².